The van der Waals surface area contributed by atoms with Gasteiger partial charge in [-0.3, -0.25) is 9.59 Å². The smallest absolute Gasteiger partial charge is 0.234 e. The third kappa shape index (κ3) is 2.54. The first kappa shape index (κ1) is 13.8. The lowest BCUT2D eigenvalue weighted by Crippen LogP contribution is -2.37. The molecule has 1 aliphatic heterocycles. The van der Waals surface area contributed by atoms with Crippen LogP contribution in [0.25, 0.3) is 0 Å². The summed E-state index contributed by atoms with van der Waals surface area (Å²) in [5.41, 5.74) is 2.55. The Balaban J connectivity index is 1.89. The van der Waals surface area contributed by atoms with Crippen LogP contribution >= 0.6 is 11.3 Å². The lowest BCUT2D eigenvalue weighted by Gasteiger charge is -2.30. The molecule has 3 rings (SSSR count). The van der Waals surface area contributed by atoms with E-state index in [9.17, 15) is 9.59 Å². The quantitative estimate of drug-likeness (QED) is 0.927. The molecule has 2 amide bonds. The van der Waals surface area contributed by atoms with Crippen LogP contribution < -0.4 is 10.2 Å². The molecular formula is C15H15N3O2S. The Morgan fingerprint density at radius 3 is 2.90 bits per heavy atom. The number of carbonyl (C=O) groups is 2. The summed E-state index contributed by atoms with van der Waals surface area (Å²) in [6, 6.07) is 7.51. The monoisotopic (exact) mass is 301 g/mol. The number of rotatable bonds is 2. The molecule has 0 radical (unpaired) electrons. The molecule has 1 unspecified atom stereocenters. The highest BCUT2D eigenvalue weighted by Gasteiger charge is 2.33. The van der Waals surface area contributed by atoms with Crippen LogP contribution in [0.2, 0.25) is 0 Å². The first-order valence-corrected chi connectivity index (χ1v) is 7.52. The molecule has 0 aliphatic carbocycles. The lowest BCUT2D eigenvalue weighted by molar-refractivity contribution is -0.124. The standard InChI is InChI=1S/C15H15N3O2S/c1-9-8-21-15(16-9)17-14(20)11-7-13(19)18(2)12-6-4-3-5-10(11)12/h3-6,8,11H,7H2,1-2H3,(H,16,17,20). The van der Waals surface area contributed by atoms with Crippen LogP contribution in [0.5, 0.6) is 0 Å². The molecular weight excluding hydrogens is 286 g/mol. The number of benzene rings is 1. The molecule has 0 bridgehead atoms. The maximum atomic E-state index is 12.5. The molecule has 21 heavy (non-hydrogen) atoms. The van der Waals surface area contributed by atoms with Crippen LogP contribution in [0, 0.1) is 6.92 Å². The Morgan fingerprint density at radius 1 is 1.43 bits per heavy atom. The number of carbonyl (C=O) groups excluding carboxylic acids is 2. The Morgan fingerprint density at radius 2 is 2.19 bits per heavy atom. The van der Waals surface area contributed by atoms with Crippen molar-refractivity contribution < 1.29 is 9.59 Å². The maximum absolute atomic E-state index is 12.5. The number of thiazole rings is 1. The van der Waals surface area contributed by atoms with Crippen LogP contribution in [0.3, 0.4) is 0 Å². The average Bonchev–Trinajstić information content (AvgIpc) is 2.88. The van der Waals surface area contributed by atoms with Gasteiger partial charge in [0.25, 0.3) is 0 Å². The zero-order valence-electron chi connectivity index (χ0n) is 11.8. The summed E-state index contributed by atoms with van der Waals surface area (Å²) in [7, 11) is 1.74. The van der Waals surface area contributed by atoms with Gasteiger partial charge in [-0.05, 0) is 18.6 Å². The molecule has 2 heterocycles. The van der Waals surface area contributed by atoms with Gasteiger partial charge in [-0.15, -0.1) is 11.3 Å². The summed E-state index contributed by atoms with van der Waals surface area (Å²) in [4.78, 5) is 30.4. The highest BCUT2D eigenvalue weighted by Crippen LogP contribution is 2.35. The van der Waals surface area contributed by atoms with E-state index in [-0.39, 0.29) is 18.2 Å². The number of aryl methyl sites for hydroxylation is 1. The Kier molecular flexibility index (Phi) is 3.47. The second kappa shape index (κ2) is 5.29. The second-order valence-corrected chi connectivity index (χ2v) is 5.91. The summed E-state index contributed by atoms with van der Waals surface area (Å²) in [5, 5.41) is 5.26. The predicted molar refractivity (Wildman–Crippen MR) is 82.7 cm³/mol. The van der Waals surface area contributed by atoms with Gasteiger partial charge in [0.15, 0.2) is 5.13 Å². The van der Waals surface area contributed by atoms with Gasteiger partial charge in [0.1, 0.15) is 0 Å². The number of aromatic nitrogens is 1. The Labute approximate surface area is 126 Å². The van der Waals surface area contributed by atoms with Crippen LogP contribution in [-0.2, 0) is 9.59 Å². The fraction of sp³-hybridized carbons (Fsp3) is 0.267. The normalized spacial score (nSPS) is 17.5. The van der Waals surface area contributed by atoms with Crippen molar-refractivity contribution in [3.8, 4) is 0 Å². The number of hydrogen-bond donors (Lipinski definition) is 1. The van der Waals surface area contributed by atoms with Gasteiger partial charge in [-0.1, -0.05) is 18.2 Å². The summed E-state index contributed by atoms with van der Waals surface area (Å²) < 4.78 is 0. The molecule has 1 N–H and O–H groups in total. The van der Waals surface area contributed by atoms with E-state index in [1.54, 1.807) is 11.9 Å². The molecule has 0 saturated carbocycles. The number of nitrogens with zero attached hydrogens (tertiary/aromatic N) is 2. The van der Waals surface area contributed by atoms with Crippen molar-refractivity contribution in [1.82, 2.24) is 4.98 Å². The highest BCUT2D eigenvalue weighted by atomic mass is 32.1. The van der Waals surface area contributed by atoms with Crippen molar-refractivity contribution in [2.45, 2.75) is 19.3 Å². The van der Waals surface area contributed by atoms with Gasteiger partial charge < -0.3 is 10.2 Å². The van der Waals surface area contributed by atoms with Gasteiger partial charge in [0, 0.05) is 24.5 Å². The first-order chi connectivity index (χ1) is 10.1. The van der Waals surface area contributed by atoms with Crippen molar-refractivity contribution in [3.05, 3.63) is 40.9 Å². The molecule has 1 aromatic heterocycles. The van der Waals surface area contributed by atoms with Crippen LogP contribution in [0.15, 0.2) is 29.6 Å². The molecule has 6 heteroatoms. The average molecular weight is 301 g/mol. The molecule has 0 spiro atoms. The lowest BCUT2D eigenvalue weighted by atomic mass is 9.89. The Bertz CT molecular complexity index is 710. The van der Waals surface area contributed by atoms with Crippen LogP contribution in [0.4, 0.5) is 10.8 Å². The van der Waals surface area contributed by atoms with E-state index < -0.39 is 5.92 Å². The third-order valence-electron chi connectivity index (χ3n) is 3.59. The van der Waals surface area contributed by atoms with E-state index in [2.05, 4.69) is 10.3 Å². The minimum atomic E-state index is -0.464. The van der Waals surface area contributed by atoms with E-state index in [4.69, 9.17) is 0 Å². The number of hydrogen-bond acceptors (Lipinski definition) is 4. The van der Waals surface area contributed by atoms with E-state index >= 15 is 0 Å². The van der Waals surface area contributed by atoms with Gasteiger partial charge >= 0.3 is 0 Å². The van der Waals surface area contributed by atoms with Crippen molar-refractivity contribution in [2.24, 2.45) is 0 Å². The summed E-state index contributed by atoms with van der Waals surface area (Å²) >= 11 is 1.39. The minimum Gasteiger partial charge on any atom is -0.315 e. The molecule has 2 aromatic rings. The molecule has 1 aliphatic rings. The van der Waals surface area contributed by atoms with Crippen molar-refractivity contribution in [1.29, 1.82) is 0 Å². The maximum Gasteiger partial charge on any atom is 0.234 e. The molecule has 0 fully saturated rings. The summed E-state index contributed by atoms with van der Waals surface area (Å²) in [6.07, 6.45) is 0.184. The Hall–Kier alpha value is -2.21. The third-order valence-corrected chi connectivity index (χ3v) is 4.47. The van der Waals surface area contributed by atoms with Crippen molar-refractivity contribution in [3.63, 3.8) is 0 Å². The largest absolute Gasteiger partial charge is 0.315 e. The van der Waals surface area contributed by atoms with Crippen molar-refractivity contribution in [2.75, 3.05) is 17.3 Å². The summed E-state index contributed by atoms with van der Waals surface area (Å²) in [5.74, 6) is -0.698. The van der Waals surface area contributed by atoms with Gasteiger partial charge in [-0.25, -0.2) is 4.98 Å². The van der Waals surface area contributed by atoms with Gasteiger partial charge in [0.05, 0.1) is 11.6 Å². The second-order valence-electron chi connectivity index (χ2n) is 5.05. The molecule has 0 saturated heterocycles. The minimum absolute atomic E-state index is 0.0517. The SMILES string of the molecule is Cc1csc(NC(=O)C2CC(=O)N(C)c3ccccc32)n1. The number of amides is 2. The van der Waals surface area contributed by atoms with E-state index in [1.165, 1.54) is 11.3 Å². The zero-order chi connectivity index (χ0) is 15.0. The summed E-state index contributed by atoms with van der Waals surface area (Å²) in [6.45, 7) is 1.88. The number of para-hydroxylation sites is 1. The first-order valence-electron chi connectivity index (χ1n) is 6.64. The number of fused-ring (bicyclic) bond motifs is 1. The highest BCUT2D eigenvalue weighted by molar-refractivity contribution is 7.13. The van der Waals surface area contributed by atoms with E-state index in [0.29, 0.717) is 5.13 Å². The topological polar surface area (TPSA) is 62.3 Å². The zero-order valence-corrected chi connectivity index (χ0v) is 12.6. The predicted octanol–water partition coefficient (Wildman–Crippen LogP) is 2.54. The van der Waals surface area contributed by atoms with Gasteiger partial charge in [0.2, 0.25) is 11.8 Å². The number of nitrogens with one attached hydrogen (secondary N) is 1. The molecule has 108 valence electrons. The van der Waals surface area contributed by atoms with E-state index in [1.807, 2.05) is 36.6 Å². The fourth-order valence-corrected chi connectivity index (χ4v) is 3.17. The van der Waals surface area contributed by atoms with E-state index in [0.717, 1.165) is 16.9 Å². The van der Waals surface area contributed by atoms with Crippen molar-refractivity contribution >= 4 is 34.0 Å². The molecule has 1 aromatic carbocycles. The molecule has 1 atom stereocenters. The molecule has 5 nitrogen and oxygen atoms in total. The van der Waals surface area contributed by atoms with Gasteiger partial charge in [-0.2, -0.15) is 0 Å². The van der Waals surface area contributed by atoms with Crippen LogP contribution in [-0.4, -0.2) is 23.8 Å². The van der Waals surface area contributed by atoms with Crippen LogP contribution in [0.1, 0.15) is 23.6 Å². The number of anilines is 2. The fourth-order valence-electron chi connectivity index (χ4n) is 2.48.